The quantitative estimate of drug-likeness (QED) is 0.768. The number of carbonyl (C=O) groups is 1. The van der Waals surface area contributed by atoms with Crippen molar-refractivity contribution in [3.8, 4) is 0 Å². The summed E-state index contributed by atoms with van der Waals surface area (Å²) in [7, 11) is 0. The van der Waals surface area contributed by atoms with Crippen molar-refractivity contribution in [3.63, 3.8) is 0 Å². The summed E-state index contributed by atoms with van der Waals surface area (Å²) < 4.78 is 5.55. The Morgan fingerprint density at radius 1 is 0.960 bits per heavy atom. The fraction of sp³-hybridized carbons (Fsp3) is 0.381. The molecule has 4 nitrogen and oxygen atoms in total. The molecule has 4 heteroatoms. The van der Waals surface area contributed by atoms with Crippen LogP contribution in [0.1, 0.15) is 31.9 Å². The maximum absolute atomic E-state index is 12.5. The molecule has 0 saturated heterocycles. The van der Waals surface area contributed by atoms with Crippen molar-refractivity contribution in [1.82, 2.24) is 10.2 Å². The smallest absolute Gasteiger partial charge is 0.410 e. The van der Waals surface area contributed by atoms with Crippen LogP contribution >= 0.6 is 0 Å². The highest BCUT2D eigenvalue weighted by Gasteiger charge is 2.22. The molecule has 1 amide bonds. The fourth-order valence-corrected chi connectivity index (χ4v) is 2.41. The first-order valence-corrected chi connectivity index (χ1v) is 8.70. The van der Waals surface area contributed by atoms with E-state index >= 15 is 0 Å². The maximum atomic E-state index is 12.5. The van der Waals surface area contributed by atoms with E-state index in [1.54, 1.807) is 4.90 Å². The first kappa shape index (κ1) is 19.0. The highest BCUT2D eigenvalue weighted by Crippen LogP contribution is 2.12. The Morgan fingerprint density at radius 2 is 1.52 bits per heavy atom. The van der Waals surface area contributed by atoms with Crippen molar-refractivity contribution in [2.24, 2.45) is 0 Å². The number of hydrogen-bond acceptors (Lipinski definition) is 3. The zero-order valence-corrected chi connectivity index (χ0v) is 15.4. The Kier molecular flexibility index (Phi) is 7.02. The Morgan fingerprint density at radius 3 is 2.08 bits per heavy atom. The van der Waals surface area contributed by atoms with E-state index in [1.807, 2.05) is 69.3 Å². The van der Waals surface area contributed by atoms with Gasteiger partial charge in [0.1, 0.15) is 5.60 Å². The van der Waals surface area contributed by atoms with Crippen molar-refractivity contribution >= 4 is 6.09 Å². The second kappa shape index (κ2) is 9.23. The SMILES string of the molecule is CC(C)(C)OC(=O)N(CCNCc1ccccc1)Cc1ccccc1. The largest absolute Gasteiger partial charge is 0.444 e. The summed E-state index contributed by atoms with van der Waals surface area (Å²) in [6.45, 7) is 8.30. The average Bonchev–Trinajstić information content (AvgIpc) is 2.58. The molecule has 2 rings (SSSR count). The van der Waals surface area contributed by atoms with Gasteiger partial charge in [0.2, 0.25) is 0 Å². The fourth-order valence-electron chi connectivity index (χ4n) is 2.41. The van der Waals surface area contributed by atoms with Gasteiger partial charge in [-0.05, 0) is 31.9 Å². The summed E-state index contributed by atoms with van der Waals surface area (Å²) in [5.41, 5.74) is 1.83. The Bertz CT molecular complexity index is 636. The van der Waals surface area contributed by atoms with E-state index in [0.29, 0.717) is 19.6 Å². The van der Waals surface area contributed by atoms with Gasteiger partial charge in [0.15, 0.2) is 0 Å². The Balaban J connectivity index is 1.90. The van der Waals surface area contributed by atoms with Gasteiger partial charge in [-0.25, -0.2) is 4.79 Å². The molecular formula is C21H28N2O2. The van der Waals surface area contributed by atoms with Crippen LogP contribution in [-0.4, -0.2) is 29.7 Å². The molecule has 0 aliphatic rings. The Labute approximate surface area is 150 Å². The molecule has 2 aromatic rings. The van der Waals surface area contributed by atoms with Crippen LogP contribution in [0.5, 0.6) is 0 Å². The number of rotatable bonds is 7. The van der Waals surface area contributed by atoms with E-state index in [1.165, 1.54) is 5.56 Å². The monoisotopic (exact) mass is 340 g/mol. The number of benzene rings is 2. The van der Waals surface area contributed by atoms with Crippen molar-refractivity contribution in [3.05, 3.63) is 71.8 Å². The summed E-state index contributed by atoms with van der Waals surface area (Å²) in [6, 6.07) is 20.2. The number of hydrogen-bond donors (Lipinski definition) is 1. The van der Waals surface area contributed by atoms with Gasteiger partial charge < -0.3 is 15.0 Å². The van der Waals surface area contributed by atoms with Gasteiger partial charge in [-0.15, -0.1) is 0 Å². The van der Waals surface area contributed by atoms with Gasteiger partial charge in [-0.3, -0.25) is 0 Å². The minimum Gasteiger partial charge on any atom is -0.444 e. The van der Waals surface area contributed by atoms with Gasteiger partial charge in [0, 0.05) is 26.2 Å². The lowest BCUT2D eigenvalue weighted by molar-refractivity contribution is 0.0235. The number of nitrogens with one attached hydrogen (secondary N) is 1. The second-order valence-electron chi connectivity index (χ2n) is 7.05. The third-order valence-electron chi connectivity index (χ3n) is 3.60. The zero-order chi connectivity index (χ0) is 18.1. The van der Waals surface area contributed by atoms with E-state index in [-0.39, 0.29) is 6.09 Å². The average molecular weight is 340 g/mol. The first-order valence-electron chi connectivity index (χ1n) is 8.70. The molecule has 0 unspecified atom stereocenters. The molecule has 0 aliphatic carbocycles. The van der Waals surface area contributed by atoms with Crippen molar-refractivity contribution in [2.45, 2.75) is 39.5 Å². The van der Waals surface area contributed by atoms with Crippen LogP contribution in [0.4, 0.5) is 4.79 Å². The lowest BCUT2D eigenvalue weighted by atomic mass is 10.2. The second-order valence-corrected chi connectivity index (χ2v) is 7.05. The number of amides is 1. The summed E-state index contributed by atoms with van der Waals surface area (Å²) in [6.07, 6.45) is -0.280. The van der Waals surface area contributed by atoms with Crippen LogP contribution in [0, 0.1) is 0 Å². The molecule has 134 valence electrons. The summed E-state index contributed by atoms with van der Waals surface area (Å²) >= 11 is 0. The minimum atomic E-state index is -0.497. The highest BCUT2D eigenvalue weighted by atomic mass is 16.6. The van der Waals surface area contributed by atoms with Gasteiger partial charge in [0.05, 0.1) is 0 Å². The molecule has 2 aromatic carbocycles. The van der Waals surface area contributed by atoms with Crippen molar-refractivity contribution < 1.29 is 9.53 Å². The van der Waals surface area contributed by atoms with E-state index in [4.69, 9.17) is 4.74 Å². The lowest BCUT2D eigenvalue weighted by Gasteiger charge is -2.27. The molecule has 0 bridgehead atoms. The molecule has 1 N–H and O–H groups in total. The highest BCUT2D eigenvalue weighted by molar-refractivity contribution is 5.68. The minimum absolute atomic E-state index is 0.280. The Hall–Kier alpha value is -2.33. The van der Waals surface area contributed by atoms with Crippen LogP contribution in [0.25, 0.3) is 0 Å². The van der Waals surface area contributed by atoms with Gasteiger partial charge >= 0.3 is 6.09 Å². The van der Waals surface area contributed by atoms with E-state index in [2.05, 4.69) is 17.4 Å². The van der Waals surface area contributed by atoms with Crippen LogP contribution in [0.15, 0.2) is 60.7 Å². The number of nitrogens with zero attached hydrogens (tertiary/aromatic N) is 1. The number of ether oxygens (including phenoxy) is 1. The van der Waals surface area contributed by atoms with E-state index in [9.17, 15) is 4.79 Å². The molecule has 0 aliphatic heterocycles. The van der Waals surface area contributed by atoms with Crippen molar-refractivity contribution in [2.75, 3.05) is 13.1 Å². The van der Waals surface area contributed by atoms with Gasteiger partial charge in [-0.2, -0.15) is 0 Å². The molecule has 0 saturated carbocycles. The maximum Gasteiger partial charge on any atom is 0.410 e. The predicted octanol–water partition coefficient (Wildman–Crippen LogP) is 4.21. The van der Waals surface area contributed by atoms with E-state index in [0.717, 1.165) is 12.1 Å². The molecule has 0 radical (unpaired) electrons. The van der Waals surface area contributed by atoms with Gasteiger partial charge in [-0.1, -0.05) is 60.7 Å². The molecule has 25 heavy (non-hydrogen) atoms. The molecule has 0 atom stereocenters. The standard InChI is InChI=1S/C21H28N2O2/c1-21(2,3)25-20(24)23(17-19-12-8-5-9-13-19)15-14-22-16-18-10-6-4-7-11-18/h4-13,22H,14-17H2,1-3H3. The van der Waals surface area contributed by atoms with Crippen LogP contribution < -0.4 is 5.32 Å². The topological polar surface area (TPSA) is 41.6 Å². The third-order valence-corrected chi connectivity index (χ3v) is 3.60. The van der Waals surface area contributed by atoms with Crippen molar-refractivity contribution in [1.29, 1.82) is 0 Å². The third kappa shape index (κ3) is 7.40. The van der Waals surface area contributed by atoms with Crippen LogP contribution in [0.2, 0.25) is 0 Å². The zero-order valence-electron chi connectivity index (χ0n) is 15.4. The predicted molar refractivity (Wildman–Crippen MR) is 101 cm³/mol. The summed E-state index contributed by atoms with van der Waals surface area (Å²) in [5, 5.41) is 3.39. The first-order chi connectivity index (χ1) is 11.9. The summed E-state index contributed by atoms with van der Waals surface area (Å²) in [5.74, 6) is 0. The van der Waals surface area contributed by atoms with Gasteiger partial charge in [0.25, 0.3) is 0 Å². The molecule has 0 heterocycles. The lowest BCUT2D eigenvalue weighted by Crippen LogP contribution is -2.40. The molecule has 0 spiro atoms. The van der Waals surface area contributed by atoms with Crippen LogP contribution in [-0.2, 0) is 17.8 Å². The summed E-state index contributed by atoms with van der Waals surface area (Å²) in [4.78, 5) is 14.3. The van der Waals surface area contributed by atoms with Crippen LogP contribution in [0.3, 0.4) is 0 Å². The number of carbonyl (C=O) groups excluding carboxylic acids is 1. The van der Waals surface area contributed by atoms with E-state index < -0.39 is 5.60 Å². The molecular weight excluding hydrogens is 312 g/mol. The molecule has 0 fully saturated rings. The normalized spacial score (nSPS) is 11.2. The molecule has 0 aromatic heterocycles.